The van der Waals surface area contributed by atoms with Gasteiger partial charge in [0, 0.05) is 37.4 Å². The molecule has 26 heavy (non-hydrogen) atoms. The number of ether oxygens (including phenoxy) is 1. The molecular weight excluding hydrogens is 350 g/mol. The van der Waals surface area contributed by atoms with Crippen LogP contribution in [0.3, 0.4) is 0 Å². The Morgan fingerprint density at radius 1 is 1.15 bits per heavy atom. The van der Waals surface area contributed by atoms with E-state index in [1.54, 1.807) is 11.3 Å². The molecule has 2 aliphatic heterocycles. The van der Waals surface area contributed by atoms with Crippen LogP contribution in [0.4, 0.5) is 0 Å². The molecule has 1 unspecified atom stereocenters. The Morgan fingerprint density at radius 2 is 1.88 bits per heavy atom. The van der Waals surface area contributed by atoms with Crippen molar-refractivity contribution in [3.63, 3.8) is 0 Å². The molecule has 1 aromatic heterocycles. The summed E-state index contributed by atoms with van der Waals surface area (Å²) in [6, 6.07) is 7.87. The fraction of sp³-hybridized carbons (Fsp3) is 0.474. The third-order valence-electron chi connectivity index (χ3n) is 5.14. The SMILES string of the molecule is Cc1c(C(=O)N2CCN(C(=O)C3COCCN3)CC2)sc2ccccc12. The number of fused-ring (bicyclic) bond motifs is 1. The van der Waals surface area contributed by atoms with Gasteiger partial charge in [0.2, 0.25) is 5.91 Å². The van der Waals surface area contributed by atoms with Crippen molar-refractivity contribution in [2.75, 3.05) is 45.9 Å². The van der Waals surface area contributed by atoms with Crippen LogP contribution in [0.15, 0.2) is 24.3 Å². The van der Waals surface area contributed by atoms with E-state index in [2.05, 4.69) is 17.4 Å². The van der Waals surface area contributed by atoms with E-state index >= 15 is 0 Å². The molecule has 7 heteroatoms. The molecule has 2 fully saturated rings. The maximum absolute atomic E-state index is 13.0. The molecule has 1 N–H and O–H groups in total. The van der Waals surface area contributed by atoms with E-state index in [0.717, 1.165) is 20.5 Å². The smallest absolute Gasteiger partial charge is 0.264 e. The number of nitrogens with one attached hydrogen (secondary N) is 1. The first-order valence-corrected chi connectivity index (χ1v) is 9.84. The summed E-state index contributed by atoms with van der Waals surface area (Å²) >= 11 is 1.56. The van der Waals surface area contributed by atoms with E-state index in [-0.39, 0.29) is 17.9 Å². The third-order valence-corrected chi connectivity index (χ3v) is 6.40. The van der Waals surface area contributed by atoms with Crippen LogP contribution in [0.5, 0.6) is 0 Å². The van der Waals surface area contributed by atoms with Gasteiger partial charge < -0.3 is 19.9 Å². The molecule has 0 bridgehead atoms. The van der Waals surface area contributed by atoms with Crippen LogP contribution < -0.4 is 5.32 Å². The fourth-order valence-corrected chi connectivity index (χ4v) is 4.77. The number of carbonyl (C=O) groups excluding carboxylic acids is 2. The summed E-state index contributed by atoms with van der Waals surface area (Å²) in [5.74, 6) is 0.157. The number of benzene rings is 1. The predicted octanol–water partition coefficient (Wildman–Crippen LogP) is 1.48. The van der Waals surface area contributed by atoms with Crippen LogP contribution in [0.25, 0.3) is 10.1 Å². The predicted molar refractivity (Wildman–Crippen MR) is 102 cm³/mol. The minimum atomic E-state index is -0.254. The zero-order chi connectivity index (χ0) is 18.1. The highest BCUT2D eigenvalue weighted by Crippen LogP contribution is 2.31. The quantitative estimate of drug-likeness (QED) is 0.866. The number of hydrogen-bond acceptors (Lipinski definition) is 5. The Morgan fingerprint density at radius 3 is 2.58 bits per heavy atom. The first-order chi connectivity index (χ1) is 12.6. The van der Waals surface area contributed by atoms with Gasteiger partial charge in [-0.2, -0.15) is 0 Å². The van der Waals surface area contributed by atoms with Crippen molar-refractivity contribution in [2.45, 2.75) is 13.0 Å². The van der Waals surface area contributed by atoms with Crippen molar-refractivity contribution >= 4 is 33.2 Å². The lowest BCUT2D eigenvalue weighted by Crippen LogP contribution is -2.57. The van der Waals surface area contributed by atoms with Gasteiger partial charge in [0.05, 0.1) is 18.1 Å². The Bertz CT molecular complexity index is 821. The van der Waals surface area contributed by atoms with Crippen LogP contribution in [-0.4, -0.2) is 73.6 Å². The lowest BCUT2D eigenvalue weighted by molar-refractivity contribution is -0.137. The first-order valence-electron chi connectivity index (χ1n) is 9.02. The molecule has 3 heterocycles. The van der Waals surface area contributed by atoms with Crippen LogP contribution >= 0.6 is 11.3 Å². The second-order valence-electron chi connectivity index (χ2n) is 6.75. The Balaban J connectivity index is 1.41. The normalized spacial score (nSPS) is 21.2. The highest BCUT2D eigenvalue weighted by atomic mass is 32.1. The van der Waals surface area contributed by atoms with E-state index in [1.165, 1.54) is 0 Å². The number of carbonyl (C=O) groups is 2. The van der Waals surface area contributed by atoms with Crippen LogP contribution in [-0.2, 0) is 9.53 Å². The number of hydrogen-bond donors (Lipinski definition) is 1. The molecular formula is C19H23N3O3S. The number of amides is 2. The maximum atomic E-state index is 13.0. The van der Waals surface area contributed by atoms with Crippen molar-refractivity contribution < 1.29 is 14.3 Å². The molecule has 4 rings (SSSR count). The first kappa shape index (κ1) is 17.5. The third kappa shape index (κ3) is 3.22. The molecule has 138 valence electrons. The highest BCUT2D eigenvalue weighted by molar-refractivity contribution is 7.21. The molecule has 0 aliphatic carbocycles. The molecule has 6 nitrogen and oxygen atoms in total. The van der Waals surface area contributed by atoms with Crippen molar-refractivity contribution in [3.05, 3.63) is 34.7 Å². The lowest BCUT2D eigenvalue weighted by Gasteiger charge is -2.37. The van der Waals surface area contributed by atoms with E-state index < -0.39 is 0 Å². The fourth-order valence-electron chi connectivity index (χ4n) is 3.60. The number of piperazine rings is 1. The van der Waals surface area contributed by atoms with Crippen LogP contribution in [0.2, 0.25) is 0 Å². The molecule has 2 aliphatic rings. The van der Waals surface area contributed by atoms with Crippen LogP contribution in [0, 0.1) is 6.92 Å². The molecule has 0 saturated carbocycles. The van der Waals surface area contributed by atoms with Gasteiger partial charge in [0.1, 0.15) is 6.04 Å². The zero-order valence-corrected chi connectivity index (χ0v) is 15.7. The average Bonchev–Trinajstić information content (AvgIpc) is 3.04. The molecule has 2 saturated heterocycles. The van der Waals surface area contributed by atoms with Gasteiger partial charge in [-0.15, -0.1) is 11.3 Å². The number of aryl methyl sites for hydroxylation is 1. The maximum Gasteiger partial charge on any atom is 0.264 e. The number of nitrogens with zero attached hydrogens (tertiary/aromatic N) is 2. The summed E-state index contributed by atoms with van der Waals surface area (Å²) in [4.78, 5) is 30.0. The number of rotatable bonds is 2. The van der Waals surface area contributed by atoms with E-state index in [0.29, 0.717) is 45.9 Å². The Labute approximate surface area is 156 Å². The second-order valence-corrected chi connectivity index (χ2v) is 7.80. The summed E-state index contributed by atoms with van der Waals surface area (Å²) in [6.07, 6.45) is 0. The standard InChI is InChI=1S/C19H23N3O3S/c1-13-14-4-2-3-5-16(14)26-17(13)19(24)22-9-7-21(8-10-22)18(23)15-12-25-11-6-20-15/h2-5,15,20H,6-12H2,1H3. The summed E-state index contributed by atoms with van der Waals surface area (Å²) in [5.41, 5.74) is 1.05. The van der Waals surface area contributed by atoms with Gasteiger partial charge in [0.25, 0.3) is 5.91 Å². The van der Waals surface area contributed by atoms with Gasteiger partial charge in [-0.05, 0) is 23.9 Å². The van der Waals surface area contributed by atoms with Crippen LogP contribution in [0.1, 0.15) is 15.2 Å². The van der Waals surface area contributed by atoms with Gasteiger partial charge >= 0.3 is 0 Å². The lowest BCUT2D eigenvalue weighted by atomic mass is 10.1. The second kappa shape index (κ2) is 7.34. The van der Waals surface area contributed by atoms with Crippen molar-refractivity contribution in [1.29, 1.82) is 0 Å². The summed E-state index contributed by atoms with van der Waals surface area (Å²) in [6.45, 7) is 6.11. The summed E-state index contributed by atoms with van der Waals surface area (Å²) in [7, 11) is 0. The topological polar surface area (TPSA) is 61.9 Å². The zero-order valence-electron chi connectivity index (χ0n) is 14.9. The van der Waals surface area contributed by atoms with Crippen molar-refractivity contribution in [2.24, 2.45) is 0 Å². The molecule has 0 radical (unpaired) electrons. The average molecular weight is 373 g/mol. The van der Waals surface area contributed by atoms with E-state index in [9.17, 15) is 9.59 Å². The van der Waals surface area contributed by atoms with E-state index in [4.69, 9.17) is 4.74 Å². The monoisotopic (exact) mass is 373 g/mol. The van der Waals surface area contributed by atoms with Gasteiger partial charge in [0.15, 0.2) is 0 Å². The van der Waals surface area contributed by atoms with Gasteiger partial charge in [-0.3, -0.25) is 9.59 Å². The number of thiophene rings is 1. The largest absolute Gasteiger partial charge is 0.378 e. The Kier molecular flexibility index (Phi) is 4.93. The van der Waals surface area contributed by atoms with Gasteiger partial charge in [-0.1, -0.05) is 18.2 Å². The van der Waals surface area contributed by atoms with Crippen molar-refractivity contribution in [1.82, 2.24) is 15.1 Å². The molecule has 2 aromatic rings. The van der Waals surface area contributed by atoms with Gasteiger partial charge in [-0.25, -0.2) is 0 Å². The molecule has 0 spiro atoms. The summed E-state index contributed by atoms with van der Waals surface area (Å²) in [5, 5.41) is 4.35. The molecule has 1 atom stereocenters. The van der Waals surface area contributed by atoms with E-state index in [1.807, 2.05) is 28.9 Å². The number of morpholine rings is 1. The molecule has 2 amide bonds. The highest BCUT2D eigenvalue weighted by Gasteiger charge is 2.31. The Hall–Kier alpha value is -1.96. The molecule has 1 aromatic carbocycles. The summed E-state index contributed by atoms with van der Waals surface area (Å²) < 4.78 is 6.52. The minimum absolute atomic E-state index is 0.0786. The minimum Gasteiger partial charge on any atom is -0.378 e. The van der Waals surface area contributed by atoms with Crippen molar-refractivity contribution in [3.8, 4) is 0 Å².